The summed E-state index contributed by atoms with van der Waals surface area (Å²) >= 11 is 1.53. The number of carbonyl (C=O) groups is 1. The number of aryl methyl sites for hydroxylation is 1. The van der Waals surface area contributed by atoms with Crippen molar-refractivity contribution in [3.8, 4) is 0 Å². The van der Waals surface area contributed by atoms with E-state index in [4.69, 9.17) is 4.74 Å². The van der Waals surface area contributed by atoms with Crippen LogP contribution >= 0.6 is 11.3 Å². The van der Waals surface area contributed by atoms with Crippen molar-refractivity contribution in [3.63, 3.8) is 0 Å². The van der Waals surface area contributed by atoms with E-state index in [-0.39, 0.29) is 11.3 Å². The van der Waals surface area contributed by atoms with E-state index < -0.39 is 0 Å². The van der Waals surface area contributed by atoms with Crippen molar-refractivity contribution in [2.75, 3.05) is 46.9 Å². The maximum atomic E-state index is 12.5. The molecule has 5 nitrogen and oxygen atoms in total. The molecule has 2 atom stereocenters. The van der Waals surface area contributed by atoms with E-state index in [1.54, 1.807) is 0 Å². The molecule has 0 aliphatic carbocycles. The fraction of sp³-hybridized carbons (Fsp3) is 0.714. The lowest BCUT2D eigenvalue weighted by Crippen LogP contribution is -2.41. The molecule has 3 rings (SSSR count). The summed E-state index contributed by atoms with van der Waals surface area (Å²) in [6, 6.07) is 0. The molecule has 2 aliphatic heterocycles. The fourth-order valence-electron chi connectivity index (χ4n) is 3.46. The molecule has 1 amide bonds. The van der Waals surface area contributed by atoms with Crippen LogP contribution in [0.25, 0.3) is 0 Å². The van der Waals surface area contributed by atoms with E-state index in [1.807, 2.05) is 17.2 Å². The predicted octanol–water partition coefficient (Wildman–Crippen LogP) is 1.10. The third-order valence-electron chi connectivity index (χ3n) is 4.28. The molecule has 2 aliphatic rings. The van der Waals surface area contributed by atoms with E-state index in [9.17, 15) is 4.79 Å². The lowest BCUT2D eigenvalue weighted by Gasteiger charge is -2.30. The normalized spacial score (nSPS) is 29.2. The van der Waals surface area contributed by atoms with Crippen molar-refractivity contribution < 1.29 is 9.53 Å². The van der Waals surface area contributed by atoms with Gasteiger partial charge in [0, 0.05) is 36.3 Å². The maximum absolute atomic E-state index is 12.5. The van der Waals surface area contributed by atoms with Crippen LogP contribution in [0.3, 0.4) is 0 Å². The number of fused-ring (bicyclic) bond motifs is 1. The summed E-state index contributed by atoms with van der Waals surface area (Å²) in [6.07, 6.45) is 0. The maximum Gasteiger partial charge on any atom is 0.273 e. The number of ether oxygens (including phenoxy) is 1. The predicted molar refractivity (Wildman–Crippen MR) is 78.1 cm³/mol. The lowest BCUT2D eigenvalue weighted by molar-refractivity contribution is 0.0692. The minimum absolute atomic E-state index is 0.0712. The van der Waals surface area contributed by atoms with Gasteiger partial charge in [-0.25, -0.2) is 4.98 Å². The first-order chi connectivity index (χ1) is 9.50. The van der Waals surface area contributed by atoms with Crippen LogP contribution < -0.4 is 0 Å². The first-order valence-electron chi connectivity index (χ1n) is 6.94. The molecule has 20 heavy (non-hydrogen) atoms. The monoisotopic (exact) mass is 295 g/mol. The number of hydrogen-bond donors (Lipinski definition) is 0. The number of rotatable bonds is 3. The third-order valence-corrected chi connectivity index (χ3v) is 5.05. The Kier molecular flexibility index (Phi) is 3.56. The number of thiazole rings is 1. The van der Waals surface area contributed by atoms with Gasteiger partial charge in [-0.05, 0) is 21.0 Å². The molecule has 6 heteroatoms. The standard InChI is InChI=1S/C14H21N3O2S/c1-10-15-12(6-20-10)13(18)17-4-11-5-19-9-14(11,8-17)7-16(2)3/h6,11H,4-5,7-9H2,1-3H3/t11-,14+/m1/s1. The molecule has 110 valence electrons. The molecule has 0 unspecified atom stereocenters. The zero-order valence-corrected chi connectivity index (χ0v) is 13.1. The Bertz CT molecular complexity index is 516. The first-order valence-corrected chi connectivity index (χ1v) is 7.82. The Balaban J connectivity index is 1.76. The van der Waals surface area contributed by atoms with E-state index >= 15 is 0 Å². The van der Waals surface area contributed by atoms with E-state index in [1.165, 1.54) is 11.3 Å². The second-order valence-corrected chi connectivity index (χ2v) is 7.31. The smallest absolute Gasteiger partial charge is 0.273 e. The van der Waals surface area contributed by atoms with Crippen LogP contribution in [0.2, 0.25) is 0 Å². The van der Waals surface area contributed by atoms with Crippen LogP contribution in [-0.4, -0.2) is 67.6 Å². The summed E-state index contributed by atoms with van der Waals surface area (Å²) in [5, 5.41) is 2.81. The molecular weight excluding hydrogens is 274 g/mol. The number of aromatic nitrogens is 1. The van der Waals surface area contributed by atoms with Crippen molar-refractivity contribution in [3.05, 3.63) is 16.1 Å². The van der Waals surface area contributed by atoms with Gasteiger partial charge in [0.05, 0.1) is 18.2 Å². The van der Waals surface area contributed by atoms with Crippen LogP contribution in [0.5, 0.6) is 0 Å². The van der Waals surface area contributed by atoms with Gasteiger partial charge in [-0.1, -0.05) is 0 Å². The van der Waals surface area contributed by atoms with Crippen LogP contribution in [0.4, 0.5) is 0 Å². The molecule has 3 heterocycles. The van der Waals surface area contributed by atoms with Crippen molar-refractivity contribution in [1.29, 1.82) is 0 Å². The lowest BCUT2D eigenvalue weighted by atomic mass is 9.81. The molecule has 2 saturated heterocycles. The van der Waals surface area contributed by atoms with Gasteiger partial charge < -0.3 is 14.5 Å². The molecule has 0 aromatic carbocycles. The second-order valence-electron chi connectivity index (χ2n) is 6.25. The first kappa shape index (κ1) is 14.0. The Morgan fingerprint density at radius 2 is 2.45 bits per heavy atom. The second kappa shape index (κ2) is 5.09. The van der Waals surface area contributed by atoms with E-state index in [2.05, 4.69) is 24.0 Å². The van der Waals surface area contributed by atoms with Gasteiger partial charge in [-0.2, -0.15) is 0 Å². The SMILES string of the molecule is Cc1nc(C(=O)N2C[C@@H]3COC[C@]3(CN(C)C)C2)cs1. The minimum atomic E-state index is 0.0712. The van der Waals surface area contributed by atoms with Gasteiger partial charge in [-0.15, -0.1) is 11.3 Å². The largest absolute Gasteiger partial charge is 0.380 e. The number of carbonyl (C=O) groups excluding carboxylic acids is 1. The number of likely N-dealkylation sites (tertiary alicyclic amines) is 1. The summed E-state index contributed by atoms with van der Waals surface area (Å²) < 4.78 is 5.68. The zero-order chi connectivity index (χ0) is 14.3. The highest BCUT2D eigenvalue weighted by Crippen LogP contribution is 2.42. The molecule has 0 spiro atoms. The van der Waals surface area contributed by atoms with E-state index in [0.29, 0.717) is 11.6 Å². The van der Waals surface area contributed by atoms with Gasteiger partial charge in [0.15, 0.2) is 0 Å². The zero-order valence-electron chi connectivity index (χ0n) is 12.3. The molecule has 0 saturated carbocycles. The Morgan fingerprint density at radius 1 is 1.65 bits per heavy atom. The molecule has 0 bridgehead atoms. The Morgan fingerprint density at radius 3 is 3.10 bits per heavy atom. The van der Waals surface area contributed by atoms with Crippen molar-refractivity contribution in [2.24, 2.45) is 11.3 Å². The minimum Gasteiger partial charge on any atom is -0.380 e. The molecule has 0 radical (unpaired) electrons. The van der Waals surface area contributed by atoms with Crippen molar-refractivity contribution in [2.45, 2.75) is 6.92 Å². The van der Waals surface area contributed by atoms with Gasteiger partial charge in [0.2, 0.25) is 0 Å². The Hall–Kier alpha value is -0.980. The summed E-state index contributed by atoms with van der Waals surface area (Å²) in [6.45, 7) is 6.01. The van der Waals surface area contributed by atoms with Gasteiger partial charge in [-0.3, -0.25) is 4.79 Å². The Labute approximate surface area is 123 Å². The molecule has 2 fully saturated rings. The number of amides is 1. The molecule has 0 N–H and O–H groups in total. The van der Waals surface area contributed by atoms with Crippen molar-refractivity contribution >= 4 is 17.2 Å². The van der Waals surface area contributed by atoms with Gasteiger partial charge in [0.25, 0.3) is 5.91 Å². The molecule has 1 aromatic heterocycles. The quantitative estimate of drug-likeness (QED) is 0.838. The summed E-state index contributed by atoms with van der Waals surface area (Å²) in [7, 11) is 4.16. The highest BCUT2D eigenvalue weighted by atomic mass is 32.1. The van der Waals surface area contributed by atoms with Gasteiger partial charge >= 0.3 is 0 Å². The average Bonchev–Trinajstić information content (AvgIpc) is 3.00. The van der Waals surface area contributed by atoms with Crippen LogP contribution in [0, 0.1) is 18.3 Å². The average molecular weight is 295 g/mol. The van der Waals surface area contributed by atoms with E-state index in [0.717, 1.165) is 37.9 Å². The highest BCUT2D eigenvalue weighted by molar-refractivity contribution is 7.09. The van der Waals surface area contributed by atoms with Crippen LogP contribution in [0.1, 0.15) is 15.5 Å². The molecular formula is C14H21N3O2S. The molecule has 1 aromatic rings. The van der Waals surface area contributed by atoms with Crippen molar-refractivity contribution in [1.82, 2.24) is 14.8 Å². The fourth-order valence-corrected chi connectivity index (χ4v) is 4.05. The summed E-state index contributed by atoms with van der Waals surface area (Å²) in [5.74, 6) is 0.524. The third kappa shape index (κ3) is 2.36. The highest BCUT2D eigenvalue weighted by Gasteiger charge is 2.52. The van der Waals surface area contributed by atoms with Crippen LogP contribution in [-0.2, 0) is 4.74 Å². The summed E-state index contributed by atoms with van der Waals surface area (Å²) in [5.41, 5.74) is 0.693. The van der Waals surface area contributed by atoms with Crippen LogP contribution in [0.15, 0.2) is 5.38 Å². The number of nitrogens with zero attached hydrogens (tertiary/aromatic N) is 3. The van der Waals surface area contributed by atoms with Gasteiger partial charge in [0.1, 0.15) is 5.69 Å². The topological polar surface area (TPSA) is 45.7 Å². The summed E-state index contributed by atoms with van der Waals surface area (Å²) in [4.78, 5) is 21.0. The number of hydrogen-bond acceptors (Lipinski definition) is 5.